The SMILES string of the molecule is OCCN1C=CN(CCO)C1. The molecule has 1 rings (SSSR count). The van der Waals surface area contributed by atoms with Crippen LogP contribution < -0.4 is 0 Å². The Bertz CT molecular complexity index is 124. The molecule has 1 aliphatic rings. The predicted octanol–water partition coefficient (Wildman–Crippen LogP) is -0.983. The van der Waals surface area contributed by atoms with Gasteiger partial charge in [0.25, 0.3) is 0 Å². The zero-order chi connectivity index (χ0) is 8.10. The summed E-state index contributed by atoms with van der Waals surface area (Å²) in [5.41, 5.74) is 0. The second kappa shape index (κ2) is 4.20. The van der Waals surface area contributed by atoms with Crippen molar-refractivity contribution in [3.8, 4) is 0 Å². The molecule has 0 amide bonds. The van der Waals surface area contributed by atoms with Crippen molar-refractivity contribution in [1.82, 2.24) is 9.80 Å². The Balaban J connectivity index is 2.19. The lowest BCUT2D eigenvalue weighted by atomic mass is 10.6. The van der Waals surface area contributed by atoms with E-state index in [1.807, 2.05) is 22.2 Å². The number of aliphatic hydroxyl groups excluding tert-OH is 2. The minimum absolute atomic E-state index is 0.178. The first-order valence-corrected chi connectivity index (χ1v) is 3.75. The van der Waals surface area contributed by atoms with E-state index in [-0.39, 0.29) is 13.2 Å². The molecule has 4 nitrogen and oxygen atoms in total. The van der Waals surface area contributed by atoms with Gasteiger partial charge < -0.3 is 20.0 Å². The summed E-state index contributed by atoms with van der Waals surface area (Å²) in [6.45, 7) is 2.46. The normalized spacial score (nSPS) is 16.5. The average molecular weight is 158 g/mol. The van der Waals surface area contributed by atoms with Crippen LogP contribution in [0.25, 0.3) is 0 Å². The molecule has 0 saturated carbocycles. The van der Waals surface area contributed by atoms with E-state index in [4.69, 9.17) is 10.2 Å². The first-order valence-electron chi connectivity index (χ1n) is 3.75. The van der Waals surface area contributed by atoms with E-state index >= 15 is 0 Å². The Morgan fingerprint density at radius 3 is 1.82 bits per heavy atom. The van der Waals surface area contributed by atoms with E-state index in [0.717, 1.165) is 6.67 Å². The second-order valence-electron chi connectivity index (χ2n) is 2.51. The van der Waals surface area contributed by atoms with Crippen molar-refractivity contribution < 1.29 is 10.2 Å². The van der Waals surface area contributed by atoms with E-state index in [1.165, 1.54) is 0 Å². The van der Waals surface area contributed by atoms with E-state index in [1.54, 1.807) is 0 Å². The van der Waals surface area contributed by atoms with Crippen molar-refractivity contribution in [3.63, 3.8) is 0 Å². The van der Waals surface area contributed by atoms with Crippen molar-refractivity contribution in [2.75, 3.05) is 33.0 Å². The summed E-state index contributed by atoms with van der Waals surface area (Å²) in [7, 11) is 0. The zero-order valence-corrected chi connectivity index (χ0v) is 6.48. The molecule has 1 heterocycles. The highest BCUT2D eigenvalue weighted by Crippen LogP contribution is 2.03. The molecule has 0 atom stereocenters. The van der Waals surface area contributed by atoms with E-state index in [9.17, 15) is 0 Å². The van der Waals surface area contributed by atoms with Gasteiger partial charge in [0.15, 0.2) is 0 Å². The van der Waals surface area contributed by atoms with Gasteiger partial charge in [-0.2, -0.15) is 0 Å². The molecule has 1 aliphatic heterocycles. The summed E-state index contributed by atoms with van der Waals surface area (Å²) < 4.78 is 0. The van der Waals surface area contributed by atoms with Crippen molar-refractivity contribution in [1.29, 1.82) is 0 Å². The summed E-state index contributed by atoms with van der Waals surface area (Å²) >= 11 is 0. The third-order valence-corrected chi connectivity index (χ3v) is 1.63. The number of β-amino-alcohol motifs (C(OH)–C–C–N with tert-alkyl or cyclic N) is 2. The fourth-order valence-electron chi connectivity index (χ4n) is 1.06. The summed E-state index contributed by atoms with van der Waals surface area (Å²) in [5, 5.41) is 17.2. The molecular weight excluding hydrogens is 144 g/mol. The Labute approximate surface area is 66.3 Å². The van der Waals surface area contributed by atoms with Crippen LogP contribution in [0.3, 0.4) is 0 Å². The first-order chi connectivity index (χ1) is 5.36. The van der Waals surface area contributed by atoms with Gasteiger partial charge in [-0.1, -0.05) is 0 Å². The maximum absolute atomic E-state index is 8.60. The highest BCUT2D eigenvalue weighted by Gasteiger charge is 2.09. The third-order valence-electron chi connectivity index (χ3n) is 1.63. The molecule has 0 aliphatic carbocycles. The molecule has 0 aromatic rings. The molecule has 0 radical (unpaired) electrons. The number of nitrogens with zero attached hydrogens (tertiary/aromatic N) is 2. The molecule has 0 spiro atoms. The van der Waals surface area contributed by atoms with Crippen LogP contribution >= 0.6 is 0 Å². The Morgan fingerprint density at radius 2 is 1.45 bits per heavy atom. The summed E-state index contributed by atoms with van der Waals surface area (Å²) in [4.78, 5) is 3.99. The van der Waals surface area contributed by atoms with Crippen molar-refractivity contribution in [2.24, 2.45) is 0 Å². The highest BCUT2D eigenvalue weighted by atomic mass is 16.3. The van der Waals surface area contributed by atoms with Crippen LogP contribution in [0, 0.1) is 0 Å². The monoisotopic (exact) mass is 158 g/mol. The second-order valence-corrected chi connectivity index (χ2v) is 2.51. The lowest BCUT2D eigenvalue weighted by Gasteiger charge is -2.19. The van der Waals surface area contributed by atoms with E-state index in [2.05, 4.69) is 0 Å². The average Bonchev–Trinajstić information content (AvgIpc) is 2.38. The number of aliphatic hydroxyl groups is 2. The van der Waals surface area contributed by atoms with Crippen LogP contribution in [-0.4, -0.2) is 53.0 Å². The van der Waals surface area contributed by atoms with Gasteiger partial charge in [0, 0.05) is 25.5 Å². The standard InChI is InChI=1S/C7H14N2O2/c10-5-3-8-1-2-9(7-8)4-6-11/h1-2,10-11H,3-7H2. The summed E-state index contributed by atoms with van der Waals surface area (Å²) in [5.74, 6) is 0. The molecule has 64 valence electrons. The third kappa shape index (κ3) is 2.40. The molecular formula is C7H14N2O2. The molecule has 4 heteroatoms. The van der Waals surface area contributed by atoms with Gasteiger partial charge >= 0.3 is 0 Å². The van der Waals surface area contributed by atoms with Crippen LogP contribution in [0.5, 0.6) is 0 Å². The predicted molar refractivity (Wildman–Crippen MR) is 41.6 cm³/mol. The van der Waals surface area contributed by atoms with Gasteiger partial charge in [-0.15, -0.1) is 0 Å². The van der Waals surface area contributed by atoms with E-state index in [0.29, 0.717) is 13.1 Å². The Kier molecular flexibility index (Phi) is 3.19. The molecule has 11 heavy (non-hydrogen) atoms. The van der Waals surface area contributed by atoms with Crippen LogP contribution in [-0.2, 0) is 0 Å². The number of hydrogen-bond donors (Lipinski definition) is 2. The van der Waals surface area contributed by atoms with Crippen molar-refractivity contribution in [2.45, 2.75) is 0 Å². The molecule has 2 N–H and O–H groups in total. The molecule has 0 fully saturated rings. The van der Waals surface area contributed by atoms with Crippen molar-refractivity contribution >= 4 is 0 Å². The van der Waals surface area contributed by atoms with Gasteiger partial charge in [0.05, 0.1) is 19.9 Å². The minimum atomic E-state index is 0.178. The molecule has 0 aromatic carbocycles. The lowest BCUT2D eigenvalue weighted by Crippen LogP contribution is -2.29. The van der Waals surface area contributed by atoms with Crippen LogP contribution in [0.2, 0.25) is 0 Å². The van der Waals surface area contributed by atoms with E-state index < -0.39 is 0 Å². The fourth-order valence-corrected chi connectivity index (χ4v) is 1.06. The quantitative estimate of drug-likeness (QED) is 0.552. The zero-order valence-electron chi connectivity index (χ0n) is 6.48. The van der Waals surface area contributed by atoms with Gasteiger partial charge in [0.2, 0.25) is 0 Å². The molecule has 0 aromatic heterocycles. The topological polar surface area (TPSA) is 46.9 Å². The summed E-state index contributed by atoms with van der Waals surface area (Å²) in [6.07, 6.45) is 3.84. The van der Waals surface area contributed by atoms with Gasteiger partial charge in [-0.25, -0.2) is 0 Å². The minimum Gasteiger partial charge on any atom is -0.395 e. The maximum atomic E-state index is 8.60. The highest BCUT2D eigenvalue weighted by molar-refractivity contribution is 4.89. The smallest absolute Gasteiger partial charge is 0.0895 e. The first kappa shape index (κ1) is 8.36. The van der Waals surface area contributed by atoms with Crippen molar-refractivity contribution in [3.05, 3.63) is 12.4 Å². The molecule has 0 unspecified atom stereocenters. The van der Waals surface area contributed by atoms with Crippen LogP contribution in [0.15, 0.2) is 12.4 Å². The van der Waals surface area contributed by atoms with Crippen LogP contribution in [0.1, 0.15) is 0 Å². The van der Waals surface area contributed by atoms with Gasteiger partial charge in [-0.3, -0.25) is 0 Å². The maximum Gasteiger partial charge on any atom is 0.0895 e. The Hall–Kier alpha value is -0.740. The molecule has 0 bridgehead atoms. The van der Waals surface area contributed by atoms with Gasteiger partial charge in [-0.05, 0) is 0 Å². The lowest BCUT2D eigenvalue weighted by molar-refractivity contribution is 0.183. The van der Waals surface area contributed by atoms with Crippen LogP contribution in [0.4, 0.5) is 0 Å². The largest absolute Gasteiger partial charge is 0.395 e. The summed E-state index contributed by atoms with van der Waals surface area (Å²) in [6, 6.07) is 0. The van der Waals surface area contributed by atoms with Gasteiger partial charge in [0.1, 0.15) is 0 Å². The number of hydrogen-bond acceptors (Lipinski definition) is 4. The fraction of sp³-hybridized carbons (Fsp3) is 0.714. The Morgan fingerprint density at radius 1 is 1.00 bits per heavy atom. The molecule has 0 saturated heterocycles. The number of rotatable bonds is 4.